The maximum absolute atomic E-state index is 13.0. The van der Waals surface area contributed by atoms with Crippen molar-refractivity contribution in [3.05, 3.63) is 72.4 Å². The fourth-order valence-electron chi connectivity index (χ4n) is 5.40. The van der Waals surface area contributed by atoms with Crippen LogP contribution in [0.15, 0.2) is 66.9 Å². The number of aromatic nitrogens is 1. The Morgan fingerprint density at radius 3 is 2.48 bits per heavy atom. The average molecular weight is 606 g/mol. The molecule has 2 aromatic carbocycles. The second-order valence-electron chi connectivity index (χ2n) is 11.0. The Morgan fingerprint density at radius 2 is 1.75 bits per heavy atom. The van der Waals surface area contributed by atoms with Crippen molar-refractivity contribution < 1.29 is 29.4 Å². The number of carbonyl (C=O) groups excluding carboxylic acids is 3. The van der Waals surface area contributed by atoms with Crippen LogP contribution in [0.25, 0.3) is 10.9 Å². The van der Waals surface area contributed by atoms with Crippen LogP contribution < -0.4 is 27.4 Å². The number of anilines is 1. The van der Waals surface area contributed by atoms with Crippen molar-refractivity contribution in [2.75, 3.05) is 25.4 Å². The van der Waals surface area contributed by atoms with Gasteiger partial charge in [-0.25, -0.2) is 4.79 Å². The van der Waals surface area contributed by atoms with Gasteiger partial charge in [-0.05, 0) is 37.0 Å². The number of hydrogen-bond acceptors (Lipinski definition) is 9. The molecule has 0 bridgehead atoms. The van der Waals surface area contributed by atoms with E-state index in [0.29, 0.717) is 25.1 Å². The van der Waals surface area contributed by atoms with Crippen LogP contribution in [0.2, 0.25) is 0 Å². The number of likely N-dealkylation sites (tertiary alicyclic amines) is 1. The van der Waals surface area contributed by atoms with Gasteiger partial charge in [-0.3, -0.25) is 19.4 Å². The molecule has 13 nitrogen and oxygen atoms in total. The molecule has 3 heterocycles. The maximum atomic E-state index is 13.0. The Kier molecular flexibility index (Phi) is 11.2. The Hall–Kier alpha value is -4.59. The first-order valence-corrected chi connectivity index (χ1v) is 14.5. The SMILES string of the molecule is NCC(=O)N[C@@H]1CN[C@@H](C(=O)N2C[C@H](NC(=O)[C@H](O)CCc3ccccc3)C[C@H]2C(=O)O)C1.Nc1cnc2ccccc2c1. The predicted octanol–water partition coefficient (Wildman–Crippen LogP) is -0.227. The van der Waals surface area contributed by atoms with E-state index in [1.807, 2.05) is 60.7 Å². The summed E-state index contributed by atoms with van der Waals surface area (Å²) in [5.74, 6) is -2.46. The number of pyridine rings is 1. The van der Waals surface area contributed by atoms with E-state index in [2.05, 4.69) is 20.9 Å². The van der Waals surface area contributed by atoms with E-state index < -0.39 is 42.0 Å². The van der Waals surface area contributed by atoms with Gasteiger partial charge < -0.3 is 42.5 Å². The topological polar surface area (TPSA) is 213 Å². The zero-order valence-corrected chi connectivity index (χ0v) is 24.3. The number of benzene rings is 2. The van der Waals surface area contributed by atoms with Crippen molar-refractivity contribution in [2.45, 2.75) is 56.0 Å². The van der Waals surface area contributed by atoms with Crippen LogP contribution in [0, 0.1) is 0 Å². The number of carboxylic acids is 1. The first-order chi connectivity index (χ1) is 21.1. The summed E-state index contributed by atoms with van der Waals surface area (Å²) in [5.41, 5.74) is 13.6. The lowest BCUT2D eigenvalue weighted by atomic mass is 10.1. The molecule has 2 aliphatic heterocycles. The number of nitrogens with zero attached hydrogens (tertiary/aromatic N) is 2. The molecule has 0 aliphatic carbocycles. The van der Waals surface area contributed by atoms with Gasteiger partial charge in [0.25, 0.3) is 0 Å². The first kappa shape index (κ1) is 32.3. The summed E-state index contributed by atoms with van der Waals surface area (Å²) in [6.45, 7) is 0.257. The maximum Gasteiger partial charge on any atom is 0.326 e. The van der Waals surface area contributed by atoms with Crippen molar-refractivity contribution >= 4 is 40.3 Å². The molecule has 2 fully saturated rings. The smallest absolute Gasteiger partial charge is 0.326 e. The standard InChI is InChI=1S/C22H31N5O6.C9H8N2/c23-10-19(29)25-14-8-16(24-11-14)21(31)27-12-15(9-17(27)22(32)33)26-20(30)18(28)7-6-13-4-2-1-3-5-13;10-8-5-7-3-1-2-4-9(7)11-6-8/h1-5,14-18,24,28H,6-12,23H2,(H,25,29)(H,26,30)(H,32,33);1-6H,10H2/t14-,15+,16+,17-,18+;/m0./s1. The van der Waals surface area contributed by atoms with Crippen molar-refractivity contribution in [2.24, 2.45) is 5.73 Å². The molecule has 9 N–H and O–H groups in total. The zero-order chi connectivity index (χ0) is 31.6. The molecule has 2 aliphatic rings. The Labute approximate surface area is 255 Å². The molecule has 1 aromatic heterocycles. The third-order valence-corrected chi connectivity index (χ3v) is 7.66. The van der Waals surface area contributed by atoms with Gasteiger partial charge >= 0.3 is 5.97 Å². The van der Waals surface area contributed by atoms with Crippen LogP contribution in [0.1, 0.15) is 24.8 Å². The van der Waals surface area contributed by atoms with Gasteiger partial charge in [0, 0.05) is 37.0 Å². The molecule has 0 radical (unpaired) electrons. The van der Waals surface area contributed by atoms with E-state index in [1.165, 1.54) is 4.90 Å². The molecule has 13 heteroatoms. The van der Waals surface area contributed by atoms with Crippen molar-refractivity contribution in [1.82, 2.24) is 25.8 Å². The molecular formula is C31H39N7O6. The predicted molar refractivity (Wildman–Crippen MR) is 164 cm³/mol. The van der Waals surface area contributed by atoms with Crippen LogP contribution in [0.5, 0.6) is 0 Å². The zero-order valence-electron chi connectivity index (χ0n) is 24.3. The van der Waals surface area contributed by atoms with Crippen molar-refractivity contribution in [3.8, 4) is 0 Å². The molecule has 0 spiro atoms. The number of para-hydroxylation sites is 1. The molecule has 5 atom stereocenters. The van der Waals surface area contributed by atoms with Crippen LogP contribution in [-0.4, -0.2) is 93.7 Å². The number of hydrogen-bond donors (Lipinski definition) is 7. The lowest BCUT2D eigenvalue weighted by molar-refractivity contribution is -0.148. The minimum atomic E-state index is -1.23. The number of carboxylic acid groups (broad SMARTS) is 1. The number of fused-ring (bicyclic) bond motifs is 1. The van der Waals surface area contributed by atoms with Gasteiger partial charge in [0.2, 0.25) is 17.7 Å². The number of carbonyl (C=O) groups is 4. The summed E-state index contributed by atoms with van der Waals surface area (Å²) in [6.07, 6.45) is 1.57. The summed E-state index contributed by atoms with van der Waals surface area (Å²) in [4.78, 5) is 54.0. The highest BCUT2D eigenvalue weighted by Gasteiger charge is 2.44. The van der Waals surface area contributed by atoms with Crippen LogP contribution in [0.4, 0.5) is 5.69 Å². The number of nitrogens with two attached hydrogens (primary N) is 2. The number of aryl methyl sites for hydroxylation is 1. The highest BCUT2D eigenvalue weighted by molar-refractivity contribution is 5.89. The molecule has 3 amide bonds. The highest BCUT2D eigenvalue weighted by Crippen LogP contribution is 2.22. The number of nitrogens with one attached hydrogen (secondary N) is 3. The molecule has 234 valence electrons. The highest BCUT2D eigenvalue weighted by atomic mass is 16.4. The largest absolute Gasteiger partial charge is 0.480 e. The van der Waals surface area contributed by atoms with Crippen LogP contribution in [0.3, 0.4) is 0 Å². The molecule has 2 saturated heterocycles. The number of amides is 3. The van der Waals surface area contributed by atoms with E-state index in [4.69, 9.17) is 11.5 Å². The first-order valence-electron chi connectivity index (χ1n) is 14.5. The Morgan fingerprint density at radius 1 is 1.02 bits per heavy atom. The summed E-state index contributed by atoms with van der Waals surface area (Å²) in [5, 5.41) is 29.3. The van der Waals surface area contributed by atoms with Gasteiger partial charge in [0.1, 0.15) is 12.1 Å². The van der Waals surface area contributed by atoms with Gasteiger partial charge in [-0.1, -0.05) is 48.5 Å². The van der Waals surface area contributed by atoms with Gasteiger partial charge in [0.15, 0.2) is 0 Å². The molecule has 3 aromatic rings. The Bertz CT molecular complexity index is 1460. The average Bonchev–Trinajstić information content (AvgIpc) is 3.67. The lowest BCUT2D eigenvalue weighted by Gasteiger charge is -2.25. The van der Waals surface area contributed by atoms with Gasteiger partial charge in [-0.15, -0.1) is 0 Å². The lowest BCUT2D eigenvalue weighted by Crippen LogP contribution is -2.49. The van der Waals surface area contributed by atoms with Crippen LogP contribution >= 0.6 is 0 Å². The molecule has 0 unspecified atom stereocenters. The fourth-order valence-corrected chi connectivity index (χ4v) is 5.40. The molecule has 5 rings (SSSR count). The quantitative estimate of drug-likeness (QED) is 0.170. The van der Waals surface area contributed by atoms with E-state index in [9.17, 15) is 29.4 Å². The van der Waals surface area contributed by atoms with Gasteiger partial charge in [-0.2, -0.15) is 0 Å². The normalized spacial score (nSPS) is 21.6. The Balaban J connectivity index is 0.000000333. The second kappa shape index (κ2) is 15.2. The van der Waals surface area contributed by atoms with Crippen molar-refractivity contribution in [3.63, 3.8) is 0 Å². The number of aliphatic hydroxyl groups is 1. The van der Waals surface area contributed by atoms with E-state index in [-0.39, 0.29) is 37.9 Å². The third-order valence-electron chi connectivity index (χ3n) is 7.66. The molecule has 0 saturated carbocycles. The summed E-state index contributed by atoms with van der Waals surface area (Å²) in [6, 6.07) is 16.7. The summed E-state index contributed by atoms with van der Waals surface area (Å²) < 4.78 is 0. The van der Waals surface area contributed by atoms with E-state index >= 15 is 0 Å². The second-order valence-corrected chi connectivity index (χ2v) is 11.0. The third kappa shape index (κ3) is 8.72. The van der Waals surface area contributed by atoms with E-state index in [0.717, 1.165) is 16.5 Å². The monoisotopic (exact) mass is 605 g/mol. The minimum Gasteiger partial charge on any atom is -0.480 e. The number of rotatable bonds is 9. The van der Waals surface area contributed by atoms with Crippen LogP contribution in [-0.2, 0) is 25.6 Å². The van der Waals surface area contributed by atoms with Crippen molar-refractivity contribution in [1.29, 1.82) is 0 Å². The van der Waals surface area contributed by atoms with E-state index in [1.54, 1.807) is 6.20 Å². The fraction of sp³-hybridized carbons (Fsp3) is 0.387. The van der Waals surface area contributed by atoms with Gasteiger partial charge in [0.05, 0.1) is 30.0 Å². The number of nitrogen functional groups attached to an aromatic ring is 1. The minimum absolute atomic E-state index is 0.0327. The molecule has 44 heavy (non-hydrogen) atoms. The number of aliphatic hydroxyl groups excluding tert-OH is 1. The summed E-state index contributed by atoms with van der Waals surface area (Å²) >= 11 is 0. The molecular weight excluding hydrogens is 566 g/mol. The summed E-state index contributed by atoms with van der Waals surface area (Å²) in [7, 11) is 0. The number of aliphatic carboxylic acids is 1.